The monoisotopic (exact) mass is 2180 g/mol. The van der Waals surface area contributed by atoms with Gasteiger partial charge in [0.15, 0.2) is 69.2 Å². The third kappa shape index (κ3) is 27.9. The van der Waals surface area contributed by atoms with Gasteiger partial charge in [0.25, 0.3) is 0 Å². The Morgan fingerprint density at radius 1 is 0.268 bits per heavy atom. The molecular weight excluding hydrogens is 2030 g/mol. The minimum absolute atomic E-state index is 0.254. The van der Waals surface area contributed by atoms with Crippen molar-refractivity contribution in [3.05, 3.63) is 0 Å². The second kappa shape index (κ2) is 54.4. The van der Waals surface area contributed by atoms with Crippen molar-refractivity contribution in [3.63, 3.8) is 0 Å². The first-order chi connectivity index (χ1) is 70.4. The fraction of sp³-hybridized carbons (Fsp3) is 0.966. The van der Waals surface area contributed by atoms with Crippen LogP contribution in [-0.4, -0.2) is 616 Å². The Balaban J connectivity index is 0.835. The molecule has 0 spiro atoms. The first-order valence-electron chi connectivity index (χ1n) is 49.4. The van der Waals surface area contributed by atoms with E-state index in [1.54, 1.807) is 13.8 Å². The van der Waals surface area contributed by atoms with Gasteiger partial charge in [-0.3, -0.25) is 14.4 Å². The van der Waals surface area contributed by atoms with Gasteiger partial charge in [0.05, 0.1) is 121 Å². The summed E-state index contributed by atoms with van der Waals surface area (Å²) in [6, 6.07) is -5.35. The van der Waals surface area contributed by atoms with E-state index in [0.717, 1.165) is 20.8 Å². The predicted molar refractivity (Wildman–Crippen MR) is 472 cm³/mol. The van der Waals surface area contributed by atoms with Gasteiger partial charge in [0, 0.05) is 51.4 Å². The van der Waals surface area contributed by atoms with Crippen LogP contribution in [0.1, 0.15) is 75.2 Å². The SMILES string of the molecule is CC(=O)NC1[C@H](O[C@@H]2C(CO[C@@H]3OC(C)[C@@H](O)[C@H](O)C3O)O[C@@H](C(C)C)C(NC(C)=O)[C@H]2O)OC(CO)[C@@H](O[C@@H]2OC(CO[C@H]3OC(CO)[C@@H](O)[C@H](O)C3O[C@@H]3OC(CO)[C@@H](O[C@@H]4OC(CO)[C@H](O)[C@H](O[C@@H]5C[C@@H](O)[C@@H](C)C(C(O)C(O)CO)O5)C4O)[C@H](O)C3NC(C)=O)[C@@H](O)[C@H](O[C@H]3OC(CO)[C@@H](O)[C@H](O)C3O[C@@H]3OC(CO)[C@@H](O[C@@H]4OC(CO[C@@H]5C[C@@H](O)[C@@H](C)C(C(O)C(O)CO)O5)[C@H](O)[C@H](O)C4O)[C@H](O)C3C)C2O)[C@@H]1O. The third-order valence-corrected chi connectivity index (χ3v) is 29.2. The minimum atomic E-state index is -2.62. The van der Waals surface area contributed by atoms with Crippen molar-refractivity contribution in [2.24, 2.45) is 23.7 Å². The van der Waals surface area contributed by atoms with Gasteiger partial charge < -0.3 is 288 Å². The maximum absolute atomic E-state index is 13.5. The van der Waals surface area contributed by atoms with Crippen LogP contribution in [0.25, 0.3) is 0 Å². The Kier molecular flexibility index (Phi) is 45.2. The van der Waals surface area contributed by atoms with Gasteiger partial charge in [-0.25, -0.2) is 0 Å². The number of aliphatic hydroxyl groups excluding tert-OH is 32. The van der Waals surface area contributed by atoms with Crippen molar-refractivity contribution < 1.29 is 287 Å². The number of hydrogen-bond acceptors (Lipinski definition) is 58. The highest BCUT2D eigenvalue weighted by atomic mass is 16.8. The number of ether oxygens (including phenoxy) is 23. The predicted octanol–water partition coefficient (Wildman–Crippen LogP) is -20.7. The molecule has 0 aromatic heterocycles. The summed E-state index contributed by atoms with van der Waals surface area (Å²) in [5, 5.41) is 369. The second-order valence-corrected chi connectivity index (χ2v) is 40.1. The lowest BCUT2D eigenvalue weighted by Gasteiger charge is -2.51. The number of nitrogens with one attached hydrogen (secondary N) is 3. The molecule has 35 N–H and O–H groups in total. The maximum Gasteiger partial charge on any atom is 0.217 e. The van der Waals surface area contributed by atoms with Gasteiger partial charge in [-0.1, -0.05) is 34.6 Å². The van der Waals surface area contributed by atoms with E-state index in [9.17, 15) is 178 Å². The molecule has 12 fully saturated rings. The first kappa shape index (κ1) is 124. The van der Waals surface area contributed by atoms with Crippen LogP contribution in [0.3, 0.4) is 0 Å². The topological polar surface area (TPSA) is 947 Å². The Morgan fingerprint density at radius 3 is 1.08 bits per heavy atom. The number of hydrogen-bond donors (Lipinski definition) is 35. The van der Waals surface area contributed by atoms with E-state index in [1.165, 1.54) is 27.7 Å². The van der Waals surface area contributed by atoms with Crippen LogP contribution in [0.4, 0.5) is 0 Å². The van der Waals surface area contributed by atoms with E-state index >= 15 is 0 Å². The number of amides is 3. The molecule has 0 bridgehead atoms. The van der Waals surface area contributed by atoms with E-state index in [-0.39, 0.29) is 6.42 Å². The van der Waals surface area contributed by atoms with Crippen molar-refractivity contribution in [1.82, 2.24) is 16.0 Å². The number of carbonyl (C=O) groups excluding carboxylic acids is 3. The smallest absolute Gasteiger partial charge is 0.217 e. The zero-order valence-electron chi connectivity index (χ0n) is 82.5. The van der Waals surface area contributed by atoms with Crippen molar-refractivity contribution in [2.45, 2.75) is 437 Å². The van der Waals surface area contributed by atoms with Crippen molar-refractivity contribution in [2.75, 3.05) is 72.7 Å². The van der Waals surface area contributed by atoms with Gasteiger partial charge in [-0.2, -0.15) is 0 Å². The van der Waals surface area contributed by atoms with E-state index in [0.29, 0.717) is 0 Å². The molecule has 61 heteroatoms. The Hall–Kier alpha value is -3.79. The summed E-state index contributed by atoms with van der Waals surface area (Å²) in [4.78, 5) is 39.7. The van der Waals surface area contributed by atoms with Crippen LogP contribution in [0.15, 0.2) is 0 Å². The summed E-state index contributed by atoms with van der Waals surface area (Å²) in [5.74, 6) is -6.43. The minimum Gasteiger partial charge on any atom is -0.394 e. The Labute approximate surface area is 851 Å². The number of rotatable bonds is 41. The van der Waals surface area contributed by atoms with E-state index in [4.69, 9.17) is 109 Å². The lowest BCUT2D eigenvalue weighted by Crippen LogP contribution is -2.71. The Morgan fingerprint density at radius 2 is 0.597 bits per heavy atom. The summed E-state index contributed by atoms with van der Waals surface area (Å²) in [6.45, 7) is 0.314. The standard InChI is InChI=1S/C88H151N3O58/c1-23(2)69-46(89-28(7)100)58(116)75(43(131-69)22-128-83-65(123)61(119)50(108)27(6)130-83)143-81-47(90-29(8)101)59(117)74(39(18-98)136-81)146-86-68(126)77(147-88-79(64(122)54(112)36(15-95)134-88)148-80-26(5)49(107)72(38(17-97)135-80)144-84-66(124)62(120)55(113)41(138-84)20-127-44-10-31(103)24(3)70(140-44)51(109)33(105)12-92)57(115)42(139-86)21-129-87-78(63(121)53(111)35(14-94)133-87)149-82-48(91-30(9)102)60(118)73(40(19-99)137-82)145-85-67(125)76(56(114)37(16-96)132-85)142-45-11-32(104)25(4)71(141-45)52(110)34(106)13-93/h23-27,31-88,92-99,103-126H,10-22H2,1-9H3,(H,89,100)(H,90,101)(H,91,102)/t24-,25-,26?,27?,31-,32-,33?,34?,35?,36?,37?,38?,39?,40?,41?,42?,43?,44+,45-,46?,47?,48?,49-,50-,51?,52?,53-,54-,55+,56+,57-,58-,59-,60-,61+,62+,63+,64+,65?,66?,67?,68?,69+,70?,71?,72-,73-,74-,75-,76+,77+,78?,79?,80+,81+,82+,83-,84+,85+,86+,87+,88-/m1/s1. The molecule has 26 unspecified atom stereocenters. The summed E-state index contributed by atoms with van der Waals surface area (Å²) >= 11 is 0. The van der Waals surface area contributed by atoms with Crippen LogP contribution in [0.5, 0.6) is 0 Å². The molecule has 0 radical (unpaired) electrons. The zero-order chi connectivity index (χ0) is 110. The molecular formula is C88H151N3O58. The van der Waals surface area contributed by atoms with Gasteiger partial charge in [-0.15, -0.1) is 0 Å². The zero-order valence-corrected chi connectivity index (χ0v) is 82.5. The normalized spacial score (nSPS) is 49.1. The molecule has 0 aromatic carbocycles. The maximum atomic E-state index is 13.5. The average Bonchev–Trinajstić information content (AvgIpc) is 0.757. The third-order valence-electron chi connectivity index (χ3n) is 29.2. The summed E-state index contributed by atoms with van der Waals surface area (Å²) in [6.07, 6.45) is -110. The van der Waals surface area contributed by atoms with Crippen molar-refractivity contribution >= 4 is 17.7 Å². The lowest BCUT2D eigenvalue weighted by molar-refractivity contribution is -0.401. The fourth-order valence-electron chi connectivity index (χ4n) is 20.3. The molecule has 12 rings (SSSR count). The van der Waals surface area contributed by atoms with E-state index in [2.05, 4.69) is 16.0 Å². The number of aliphatic hydroxyl groups is 32. The van der Waals surface area contributed by atoms with Crippen LogP contribution >= 0.6 is 0 Å². The molecule has 12 saturated heterocycles. The highest BCUT2D eigenvalue weighted by Gasteiger charge is 2.63. The largest absolute Gasteiger partial charge is 0.394 e. The number of carbonyl (C=O) groups is 3. The molecule has 0 saturated carbocycles. The molecule has 62 atom stereocenters. The molecule has 12 aliphatic heterocycles. The highest BCUT2D eigenvalue weighted by Crippen LogP contribution is 2.44. The summed E-state index contributed by atoms with van der Waals surface area (Å²) in [7, 11) is 0. The van der Waals surface area contributed by atoms with Crippen molar-refractivity contribution in [3.8, 4) is 0 Å². The quantitative estimate of drug-likeness (QED) is 0.0270. The molecule has 3 amide bonds. The first-order valence-corrected chi connectivity index (χ1v) is 49.4. The average molecular weight is 2180 g/mol. The van der Waals surface area contributed by atoms with Crippen LogP contribution in [-0.2, 0) is 123 Å². The fourth-order valence-corrected chi connectivity index (χ4v) is 20.3. The van der Waals surface area contributed by atoms with Gasteiger partial charge in [-0.05, 0) is 12.8 Å². The molecule has 0 aliphatic carbocycles. The molecule has 12 aliphatic rings. The van der Waals surface area contributed by atoms with E-state index in [1.807, 2.05) is 0 Å². The highest BCUT2D eigenvalue weighted by molar-refractivity contribution is 5.74. The van der Waals surface area contributed by atoms with Gasteiger partial charge in [0.1, 0.15) is 244 Å². The van der Waals surface area contributed by atoms with Crippen LogP contribution < -0.4 is 16.0 Å². The van der Waals surface area contributed by atoms with Crippen LogP contribution in [0.2, 0.25) is 0 Å². The second-order valence-electron chi connectivity index (χ2n) is 40.1. The molecule has 61 nitrogen and oxygen atoms in total. The molecule has 866 valence electrons. The molecule has 0 aromatic rings. The summed E-state index contributed by atoms with van der Waals surface area (Å²) < 4.78 is 140. The van der Waals surface area contributed by atoms with Gasteiger partial charge >= 0.3 is 0 Å². The molecule has 12 heterocycles. The van der Waals surface area contributed by atoms with Crippen molar-refractivity contribution in [1.29, 1.82) is 0 Å². The Bertz CT molecular complexity index is 4050. The van der Waals surface area contributed by atoms with Crippen LogP contribution in [0, 0.1) is 23.7 Å². The lowest BCUT2D eigenvalue weighted by atomic mass is 9.87. The molecule has 149 heavy (non-hydrogen) atoms. The van der Waals surface area contributed by atoms with E-state index < -0.39 is 482 Å². The summed E-state index contributed by atoms with van der Waals surface area (Å²) in [5.41, 5.74) is 0. The van der Waals surface area contributed by atoms with Gasteiger partial charge in [0.2, 0.25) is 17.7 Å².